The fraction of sp³-hybridized carbons (Fsp3) is 0.500. The minimum Gasteiger partial charge on any atom is -0.346 e. The van der Waals surface area contributed by atoms with Gasteiger partial charge in [0.05, 0.1) is 23.4 Å². The summed E-state index contributed by atoms with van der Waals surface area (Å²) in [5, 5.41) is 6.47. The van der Waals surface area contributed by atoms with E-state index < -0.39 is 0 Å². The van der Waals surface area contributed by atoms with Crippen LogP contribution in [0.2, 0.25) is 0 Å². The third-order valence-corrected chi connectivity index (χ3v) is 4.57. The second-order valence-corrected chi connectivity index (χ2v) is 5.89. The van der Waals surface area contributed by atoms with Gasteiger partial charge in [-0.2, -0.15) is 0 Å². The fourth-order valence-corrected chi connectivity index (χ4v) is 3.19. The molecule has 2 aromatic rings. The van der Waals surface area contributed by atoms with Crippen LogP contribution in [0.4, 0.5) is 5.13 Å². The minimum absolute atomic E-state index is 0.848. The number of aryl methyl sites for hydroxylation is 1. The molecule has 4 nitrogen and oxygen atoms in total. The van der Waals surface area contributed by atoms with Gasteiger partial charge in [0, 0.05) is 23.8 Å². The number of rotatable bonds is 6. The third-order valence-electron chi connectivity index (χ3n) is 2.65. The van der Waals surface area contributed by atoms with E-state index in [1.165, 1.54) is 4.88 Å². The third kappa shape index (κ3) is 3.28. The normalized spacial score (nSPS) is 10.8. The van der Waals surface area contributed by atoms with E-state index in [4.69, 9.17) is 0 Å². The molecular weight excluding hydrogens is 264 g/mol. The second-order valence-electron chi connectivity index (χ2n) is 4.12. The quantitative estimate of drug-likeness (QED) is 0.884. The molecule has 0 aliphatic heterocycles. The van der Waals surface area contributed by atoms with E-state index in [1.54, 1.807) is 22.7 Å². The van der Waals surface area contributed by atoms with E-state index >= 15 is 0 Å². The maximum Gasteiger partial charge on any atom is 0.185 e. The SMILES string of the molecule is CCNCc1csc(N(C)Cc2scnc2C)n1. The van der Waals surface area contributed by atoms with Gasteiger partial charge in [-0.3, -0.25) is 0 Å². The Labute approximate surface area is 116 Å². The van der Waals surface area contributed by atoms with Crippen molar-refractivity contribution in [1.82, 2.24) is 15.3 Å². The van der Waals surface area contributed by atoms with Crippen LogP contribution in [0.25, 0.3) is 0 Å². The highest BCUT2D eigenvalue weighted by Gasteiger charge is 2.10. The van der Waals surface area contributed by atoms with Crippen molar-refractivity contribution in [2.75, 3.05) is 18.5 Å². The lowest BCUT2D eigenvalue weighted by Gasteiger charge is -2.14. The molecule has 0 amide bonds. The van der Waals surface area contributed by atoms with Crippen molar-refractivity contribution < 1.29 is 0 Å². The number of hydrogen-bond acceptors (Lipinski definition) is 6. The molecule has 0 aliphatic carbocycles. The van der Waals surface area contributed by atoms with E-state index in [9.17, 15) is 0 Å². The first-order valence-corrected chi connectivity index (χ1v) is 7.72. The first-order chi connectivity index (χ1) is 8.70. The first kappa shape index (κ1) is 13.5. The minimum atomic E-state index is 0.848. The van der Waals surface area contributed by atoms with E-state index in [0.29, 0.717) is 0 Å². The van der Waals surface area contributed by atoms with Gasteiger partial charge < -0.3 is 10.2 Å². The highest BCUT2D eigenvalue weighted by Crippen LogP contribution is 2.23. The Hall–Kier alpha value is -0.980. The molecule has 98 valence electrons. The summed E-state index contributed by atoms with van der Waals surface area (Å²) in [4.78, 5) is 12.4. The van der Waals surface area contributed by atoms with Gasteiger partial charge in [0.2, 0.25) is 0 Å². The molecule has 18 heavy (non-hydrogen) atoms. The molecule has 0 saturated carbocycles. The Balaban J connectivity index is 1.98. The molecule has 6 heteroatoms. The molecule has 2 aromatic heterocycles. The summed E-state index contributed by atoms with van der Waals surface area (Å²) in [6.07, 6.45) is 0. The summed E-state index contributed by atoms with van der Waals surface area (Å²) in [6, 6.07) is 0. The molecule has 0 atom stereocenters. The van der Waals surface area contributed by atoms with Gasteiger partial charge in [-0.15, -0.1) is 22.7 Å². The number of aromatic nitrogens is 2. The summed E-state index contributed by atoms with van der Waals surface area (Å²) >= 11 is 3.40. The Morgan fingerprint density at radius 3 is 2.89 bits per heavy atom. The predicted molar refractivity (Wildman–Crippen MR) is 78.5 cm³/mol. The van der Waals surface area contributed by atoms with Crippen LogP contribution >= 0.6 is 22.7 Å². The largest absolute Gasteiger partial charge is 0.346 e. The number of nitrogens with one attached hydrogen (secondary N) is 1. The van der Waals surface area contributed by atoms with Crippen molar-refractivity contribution in [3.8, 4) is 0 Å². The van der Waals surface area contributed by atoms with Crippen LogP contribution in [0.3, 0.4) is 0 Å². The molecule has 0 unspecified atom stereocenters. The topological polar surface area (TPSA) is 41.0 Å². The molecule has 0 radical (unpaired) electrons. The van der Waals surface area contributed by atoms with Gasteiger partial charge >= 0.3 is 0 Å². The van der Waals surface area contributed by atoms with E-state index in [1.807, 2.05) is 5.51 Å². The zero-order valence-electron chi connectivity index (χ0n) is 10.9. The molecule has 0 fully saturated rings. The maximum atomic E-state index is 4.62. The van der Waals surface area contributed by atoms with Crippen molar-refractivity contribution in [3.63, 3.8) is 0 Å². The smallest absolute Gasteiger partial charge is 0.185 e. The van der Waals surface area contributed by atoms with Crippen molar-refractivity contribution >= 4 is 27.8 Å². The molecule has 0 spiro atoms. The lowest BCUT2D eigenvalue weighted by atomic mass is 10.4. The number of hydrogen-bond donors (Lipinski definition) is 1. The number of nitrogens with zero attached hydrogens (tertiary/aromatic N) is 3. The van der Waals surface area contributed by atoms with E-state index in [-0.39, 0.29) is 0 Å². The Morgan fingerprint density at radius 1 is 1.39 bits per heavy atom. The monoisotopic (exact) mass is 282 g/mol. The zero-order chi connectivity index (χ0) is 13.0. The summed E-state index contributed by atoms with van der Waals surface area (Å²) in [5.74, 6) is 0. The highest BCUT2D eigenvalue weighted by molar-refractivity contribution is 7.13. The van der Waals surface area contributed by atoms with Crippen LogP contribution in [0.1, 0.15) is 23.2 Å². The molecule has 0 aromatic carbocycles. The number of thiazole rings is 2. The van der Waals surface area contributed by atoms with Crippen LogP contribution in [-0.4, -0.2) is 23.6 Å². The average Bonchev–Trinajstić information content (AvgIpc) is 2.97. The summed E-state index contributed by atoms with van der Waals surface area (Å²) < 4.78 is 0. The van der Waals surface area contributed by atoms with Crippen LogP contribution in [0.15, 0.2) is 10.9 Å². The van der Waals surface area contributed by atoms with Gasteiger partial charge in [-0.05, 0) is 13.5 Å². The van der Waals surface area contributed by atoms with Gasteiger partial charge in [0.15, 0.2) is 5.13 Å². The maximum absolute atomic E-state index is 4.62. The fourth-order valence-electron chi connectivity index (χ4n) is 1.57. The van der Waals surface area contributed by atoms with Crippen molar-refractivity contribution in [1.29, 1.82) is 0 Å². The van der Waals surface area contributed by atoms with Crippen molar-refractivity contribution in [2.45, 2.75) is 26.9 Å². The van der Waals surface area contributed by atoms with Crippen molar-refractivity contribution in [3.05, 3.63) is 27.2 Å². The molecular formula is C12H18N4S2. The lowest BCUT2D eigenvalue weighted by Crippen LogP contribution is -2.16. The molecule has 0 bridgehead atoms. The van der Waals surface area contributed by atoms with Gasteiger partial charge in [-0.25, -0.2) is 9.97 Å². The Morgan fingerprint density at radius 2 is 2.22 bits per heavy atom. The van der Waals surface area contributed by atoms with E-state index in [2.05, 4.69) is 46.5 Å². The molecule has 2 heterocycles. The summed E-state index contributed by atoms with van der Waals surface area (Å²) in [5.41, 5.74) is 4.14. The molecule has 1 N–H and O–H groups in total. The lowest BCUT2D eigenvalue weighted by molar-refractivity contribution is 0.713. The van der Waals surface area contributed by atoms with Gasteiger partial charge in [0.25, 0.3) is 0 Å². The second kappa shape index (κ2) is 6.26. The molecule has 0 saturated heterocycles. The standard InChI is InChI=1S/C12H18N4S2/c1-4-13-5-10-7-17-12(15-10)16(3)6-11-9(2)14-8-18-11/h7-8,13H,4-6H2,1-3H3. The van der Waals surface area contributed by atoms with Gasteiger partial charge in [-0.1, -0.05) is 6.92 Å². The number of anilines is 1. The van der Waals surface area contributed by atoms with Crippen LogP contribution in [0, 0.1) is 6.92 Å². The Kier molecular flexibility index (Phi) is 4.68. The van der Waals surface area contributed by atoms with Crippen LogP contribution in [-0.2, 0) is 13.1 Å². The van der Waals surface area contributed by atoms with E-state index in [0.717, 1.165) is 36.2 Å². The molecule has 0 aliphatic rings. The van der Waals surface area contributed by atoms with Crippen LogP contribution in [0.5, 0.6) is 0 Å². The Bertz CT molecular complexity index is 492. The van der Waals surface area contributed by atoms with Crippen molar-refractivity contribution in [2.24, 2.45) is 0 Å². The predicted octanol–water partition coefficient (Wildman–Crippen LogP) is 2.65. The van der Waals surface area contributed by atoms with Gasteiger partial charge in [0.1, 0.15) is 0 Å². The average molecular weight is 282 g/mol. The summed E-state index contributed by atoms with van der Waals surface area (Å²) in [7, 11) is 2.08. The summed E-state index contributed by atoms with van der Waals surface area (Å²) in [6.45, 7) is 6.86. The zero-order valence-corrected chi connectivity index (χ0v) is 12.6. The molecule has 2 rings (SSSR count). The highest BCUT2D eigenvalue weighted by atomic mass is 32.1. The first-order valence-electron chi connectivity index (χ1n) is 5.96. The van der Waals surface area contributed by atoms with Crippen LogP contribution < -0.4 is 10.2 Å².